The van der Waals surface area contributed by atoms with Gasteiger partial charge in [-0.2, -0.15) is 0 Å². The molecule has 0 atom stereocenters. The van der Waals surface area contributed by atoms with Gasteiger partial charge in [0, 0.05) is 21.3 Å². The van der Waals surface area contributed by atoms with E-state index >= 15 is 0 Å². The van der Waals surface area contributed by atoms with Crippen LogP contribution in [0.1, 0.15) is 24.3 Å². The van der Waals surface area contributed by atoms with E-state index in [-0.39, 0.29) is 5.41 Å². The van der Waals surface area contributed by atoms with Gasteiger partial charge in [0.15, 0.2) is 0 Å². The third kappa shape index (κ3) is 3.94. The highest BCUT2D eigenvalue weighted by Crippen LogP contribution is 2.27. The first-order valence-corrected chi connectivity index (χ1v) is 9.68. The third-order valence-corrected chi connectivity index (χ3v) is 6.86. The molecule has 0 aliphatic carbocycles. The van der Waals surface area contributed by atoms with Gasteiger partial charge in [-0.15, -0.1) is 11.3 Å². The van der Waals surface area contributed by atoms with Gasteiger partial charge in [-0.05, 0) is 42.1 Å². The number of hydrogen-bond acceptors (Lipinski definition) is 3. The maximum Gasteiger partial charge on any atom is 0.240 e. The van der Waals surface area contributed by atoms with Crippen LogP contribution in [0.3, 0.4) is 0 Å². The summed E-state index contributed by atoms with van der Waals surface area (Å²) in [5.74, 6) is 0. The Balaban J connectivity index is 2.16. The van der Waals surface area contributed by atoms with Crippen molar-refractivity contribution in [1.29, 1.82) is 0 Å². The van der Waals surface area contributed by atoms with Gasteiger partial charge in [-0.1, -0.05) is 35.8 Å². The predicted octanol–water partition coefficient (Wildman–Crippen LogP) is 4.08. The molecule has 0 saturated carbocycles. The molecule has 0 radical (unpaired) electrons. The second-order valence-electron chi connectivity index (χ2n) is 5.60. The lowest BCUT2D eigenvalue weighted by molar-refractivity contribution is 0.509. The molecule has 0 saturated heterocycles. The zero-order valence-corrected chi connectivity index (χ0v) is 15.4. The highest BCUT2D eigenvalue weighted by Gasteiger charge is 2.25. The molecule has 0 fully saturated rings. The van der Waals surface area contributed by atoms with Gasteiger partial charge in [-0.25, -0.2) is 13.1 Å². The van der Waals surface area contributed by atoms with Gasteiger partial charge in [0.1, 0.15) is 0 Å². The molecular weight excluding hydrogens is 370 g/mol. The van der Waals surface area contributed by atoms with Crippen LogP contribution in [0, 0.1) is 6.92 Å². The molecule has 2 aromatic rings. The molecule has 1 N–H and O–H groups in total. The minimum atomic E-state index is -3.49. The minimum Gasteiger partial charge on any atom is -0.210 e. The lowest BCUT2D eigenvalue weighted by Gasteiger charge is -2.23. The summed E-state index contributed by atoms with van der Waals surface area (Å²) < 4.78 is 28.4. The molecular formula is C15H18BrNO2S2. The molecule has 1 aromatic carbocycles. The van der Waals surface area contributed by atoms with Gasteiger partial charge >= 0.3 is 0 Å². The molecule has 0 spiro atoms. The Kier molecular flexibility index (Phi) is 4.92. The van der Waals surface area contributed by atoms with Crippen LogP contribution in [-0.4, -0.2) is 15.0 Å². The third-order valence-electron chi connectivity index (χ3n) is 3.33. The molecule has 21 heavy (non-hydrogen) atoms. The van der Waals surface area contributed by atoms with Gasteiger partial charge in [0.25, 0.3) is 0 Å². The average molecular weight is 388 g/mol. The zero-order chi connectivity index (χ0) is 15.7. The zero-order valence-electron chi connectivity index (χ0n) is 12.2. The fourth-order valence-corrected chi connectivity index (χ4v) is 4.29. The van der Waals surface area contributed by atoms with E-state index in [0.717, 1.165) is 14.9 Å². The quantitative estimate of drug-likeness (QED) is 0.839. The molecule has 0 aliphatic rings. The van der Waals surface area contributed by atoms with Crippen LogP contribution in [0.2, 0.25) is 0 Å². The predicted molar refractivity (Wildman–Crippen MR) is 91.4 cm³/mol. The average Bonchev–Trinajstić information content (AvgIpc) is 2.94. The van der Waals surface area contributed by atoms with E-state index in [1.807, 2.05) is 38.3 Å². The highest BCUT2D eigenvalue weighted by atomic mass is 79.9. The number of halogens is 1. The van der Waals surface area contributed by atoms with Crippen molar-refractivity contribution < 1.29 is 8.42 Å². The lowest BCUT2D eigenvalue weighted by Crippen LogP contribution is -2.36. The minimum absolute atomic E-state index is 0.231. The van der Waals surface area contributed by atoms with Crippen molar-refractivity contribution in [3.63, 3.8) is 0 Å². The summed E-state index contributed by atoms with van der Waals surface area (Å²) >= 11 is 5.02. The van der Waals surface area contributed by atoms with E-state index in [4.69, 9.17) is 0 Å². The topological polar surface area (TPSA) is 46.2 Å². The molecule has 114 valence electrons. The molecule has 6 heteroatoms. The van der Waals surface area contributed by atoms with Crippen LogP contribution in [0.15, 0.2) is 45.1 Å². The van der Waals surface area contributed by atoms with E-state index in [1.165, 1.54) is 0 Å². The monoisotopic (exact) mass is 387 g/mol. The highest BCUT2D eigenvalue weighted by molar-refractivity contribution is 9.10. The number of sulfonamides is 1. The van der Waals surface area contributed by atoms with Crippen LogP contribution in [0.25, 0.3) is 0 Å². The first kappa shape index (κ1) is 16.7. The summed E-state index contributed by atoms with van der Waals surface area (Å²) in [6.07, 6.45) is 0. The second kappa shape index (κ2) is 6.20. The number of hydrogen-bond donors (Lipinski definition) is 1. The Morgan fingerprint density at radius 3 is 2.57 bits per heavy atom. The number of benzene rings is 1. The Morgan fingerprint density at radius 2 is 2.00 bits per heavy atom. The van der Waals surface area contributed by atoms with Crippen molar-refractivity contribution in [3.05, 3.63) is 50.6 Å². The summed E-state index contributed by atoms with van der Waals surface area (Å²) in [7, 11) is -3.49. The summed E-state index contributed by atoms with van der Waals surface area (Å²) in [5, 5.41) is 2.00. The van der Waals surface area contributed by atoms with Crippen molar-refractivity contribution in [1.82, 2.24) is 4.72 Å². The molecule has 0 unspecified atom stereocenters. The van der Waals surface area contributed by atoms with Gasteiger partial charge in [0.05, 0.1) is 4.90 Å². The number of nitrogens with one attached hydrogen (secondary N) is 1. The number of rotatable bonds is 5. The van der Waals surface area contributed by atoms with Crippen molar-refractivity contribution in [2.45, 2.75) is 31.1 Å². The maximum atomic E-state index is 12.4. The SMILES string of the molecule is Cc1cc(S(=O)(=O)NCC(C)(C)c2cccs2)ccc1Br. The van der Waals surface area contributed by atoms with Crippen molar-refractivity contribution >= 4 is 37.3 Å². The van der Waals surface area contributed by atoms with Crippen LogP contribution in [0.5, 0.6) is 0 Å². The smallest absolute Gasteiger partial charge is 0.210 e. The second-order valence-corrected chi connectivity index (χ2v) is 9.17. The van der Waals surface area contributed by atoms with Crippen LogP contribution >= 0.6 is 27.3 Å². The normalized spacial score (nSPS) is 12.6. The van der Waals surface area contributed by atoms with Gasteiger partial charge in [0.2, 0.25) is 10.0 Å². The Bertz CT molecular complexity index is 722. The van der Waals surface area contributed by atoms with Crippen LogP contribution in [0.4, 0.5) is 0 Å². The summed E-state index contributed by atoms with van der Waals surface area (Å²) in [5.41, 5.74) is 0.668. The van der Waals surface area contributed by atoms with Crippen molar-refractivity contribution in [3.8, 4) is 0 Å². The molecule has 2 rings (SSSR count). The fraction of sp³-hybridized carbons (Fsp3) is 0.333. The molecule has 0 bridgehead atoms. The fourth-order valence-electron chi connectivity index (χ4n) is 1.89. The lowest BCUT2D eigenvalue weighted by atomic mass is 9.92. The summed E-state index contributed by atoms with van der Waals surface area (Å²) in [6, 6.07) is 9.05. The van der Waals surface area contributed by atoms with E-state index in [1.54, 1.807) is 29.5 Å². The number of thiophene rings is 1. The van der Waals surface area contributed by atoms with Gasteiger partial charge < -0.3 is 0 Å². The molecule has 0 aliphatic heterocycles. The Hall–Kier alpha value is -0.690. The van der Waals surface area contributed by atoms with Crippen LogP contribution < -0.4 is 4.72 Å². The van der Waals surface area contributed by atoms with E-state index in [0.29, 0.717) is 11.4 Å². The molecule has 1 aromatic heterocycles. The standard InChI is InChI=1S/C15H18BrNO2S2/c1-11-9-12(6-7-13(11)16)21(18,19)17-10-15(2,3)14-5-4-8-20-14/h4-9,17H,10H2,1-3H3. The van der Waals surface area contributed by atoms with E-state index in [2.05, 4.69) is 20.7 Å². The Labute approximate surface area is 138 Å². The maximum absolute atomic E-state index is 12.4. The van der Waals surface area contributed by atoms with Gasteiger partial charge in [-0.3, -0.25) is 0 Å². The van der Waals surface area contributed by atoms with Crippen molar-refractivity contribution in [2.24, 2.45) is 0 Å². The molecule has 1 heterocycles. The van der Waals surface area contributed by atoms with E-state index in [9.17, 15) is 8.42 Å². The molecule has 0 amide bonds. The first-order valence-electron chi connectivity index (χ1n) is 6.52. The largest absolute Gasteiger partial charge is 0.240 e. The van der Waals surface area contributed by atoms with Crippen molar-refractivity contribution in [2.75, 3.05) is 6.54 Å². The summed E-state index contributed by atoms with van der Waals surface area (Å²) in [6.45, 7) is 6.31. The van der Waals surface area contributed by atoms with Crippen LogP contribution in [-0.2, 0) is 15.4 Å². The van der Waals surface area contributed by atoms with E-state index < -0.39 is 10.0 Å². The first-order chi connectivity index (χ1) is 9.72. The summed E-state index contributed by atoms with van der Waals surface area (Å²) in [4.78, 5) is 1.46. The Morgan fingerprint density at radius 1 is 1.29 bits per heavy atom. The number of aryl methyl sites for hydroxylation is 1. The molecule has 3 nitrogen and oxygen atoms in total.